The van der Waals surface area contributed by atoms with Gasteiger partial charge in [-0.1, -0.05) is 36.4 Å². The Bertz CT molecular complexity index is 348. The molecule has 0 aliphatic carbocycles. The molecule has 0 aromatic heterocycles. The molecule has 0 saturated heterocycles. The van der Waals surface area contributed by atoms with Crippen LogP contribution in [0.4, 0.5) is 0 Å². The van der Waals surface area contributed by atoms with Crippen molar-refractivity contribution in [1.29, 1.82) is 0 Å². The van der Waals surface area contributed by atoms with E-state index in [0.717, 1.165) is 5.56 Å². The SMILES string of the molecule is C=CCC(C)(Cc1ccccc1)[N+](=O)[O-]. The number of rotatable bonds is 5. The number of hydrogen-bond donors (Lipinski definition) is 0. The fraction of sp³-hybridized carbons (Fsp3) is 0.333. The molecule has 0 radical (unpaired) electrons. The molecule has 1 aromatic rings. The molecular formula is C12H15NO2. The van der Waals surface area contributed by atoms with Gasteiger partial charge in [-0.2, -0.15) is 0 Å². The van der Waals surface area contributed by atoms with Gasteiger partial charge in [-0.05, 0) is 5.56 Å². The normalized spacial score (nSPS) is 14.2. The van der Waals surface area contributed by atoms with Crippen molar-refractivity contribution in [2.75, 3.05) is 0 Å². The van der Waals surface area contributed by atoms with Gasteiger partial charge < -0.3 is 0 Å². The van der Waals surface area contributed by atoms with Crippen molar-refractivity contribution in [1.82, 2.24) is 0 Å². The summed E-state index contributed by atoms with van der Waals surface area (Å²) in [6, 6.07) is 9.50. The van der Waals surface area contributed by atoms with E-state index in [4.69, 9.17) is 0 Å². The molecule has 0 spiro atoms. The lowest BCUT2D eigenvalue weighted by Crippen LogP contribution is -2.36. The lowest BCUT2D eigenvalue weighted by atomic mass is 9.90. The zero-order valence-corrected chi connectivity index (χ0v) is 8.85. The first-order valence-electron chi connectivity index (χ1n) is 4.88. The summed E-state index contributed by atoms with van der Waals surface area (Å²) in [4.78, 5) is 10.8. The molecule has 0 bridgehead atoms. The summed E-state index contributed by atoms with van der Waals surface area (Å²) >= 11 is 0. The predicted molar refractivity (Wildman–Crippen MR) is 60.4 cm³/mol. The maximum Gasteiger partial charge on any atom is 0.226 e. The van der Waals surface area contributed by atoms with E-state index < -0.39 is 5.54 Å². The first-order valence-corrected chi connectivity index (χ1v) is 4.88. The van der Waals surface area contributed by atoms with Crippen molar-refractivity contribution in [3.8, 4) is 0 Å². The second-order valence-electron chi connectivity index (χ2n) is 3.91. The van der Waals surface area contributed by atoms with E-state index in [1.54, 1.807) is 13.0 Å². The Hall–Kier alpha value is -1.64. The Morgan fingerprint density at radius 2 is 2.07 bits per heavy atom. The molecule has 15 heavy (non-hydrogen) atoms. The molecule has 1 aromatic carbocycles. The van der Waals surface area contributed by atoms with Crippen LogP contribution < -0.4 is 0 Å². The minimum absolute atomic E-state index is 0.221. The molecule has 1 unspecified atom stereocenters. The monoisotopic (exact) mass is 205 g/mol. The highest BCUT2D eigenvalue weighted by Crippen LogP contribution is 2.20. The first kappa shape index (κ1) is 11.4. The highest BCUT2D eigenvalue weighted by atomic mass is 16.6. The van der Waals surface area contributed by atoms with Crippen LogP contribution in [0.5, 0.6) is 0 Å². The van der Waals surface area contributed by atoms with Crippen molar-refractivity contribution < 1.29 is 4.92 Å². The molecule has 1 atom stereocenters. The Morgan fingerprint density at radius 1 is 1.47 bits per heavy atom. The molecular weight excluding hydrogens is 190 g/mol. The van der Waals surface area contributed by atoms with Crippen molar-refractivity contribution in [2.24, 2.45) is 0 Å². The summed E-state index contributed by atoms with van der Waals surface area (Å²) < 4.78 is 0. The number of nitrogens with zero attached hydrogens (tertiary/aromatic N) is 1. The van der Waals surface area contributed by atoms with Crippen LogP contribution in [0.3, 0.4) is 0 Å². The van der Waals surface area contributed by atoms with E-state index in [1.807, 2.05) is 30.3 Å². The van der Waals surface area contributed by atoms with Crippen LogP contribution in [-0.4, -0.2) is 10.5 Å². The third-order valence-corrected chi connectivity index (χ3v) is 2.45. The summed E-state index contributed by atoms with van der Waals surface area (Å²) in [6.07, 6.45) is 2.42. The third kappa shape index (κ3) is 2.91. The minimum Gasteiger partial charge on any atom is -0.264 e. The molecule has 0 saturated carbocycles. The van der Waals surface area contributed by atoms with E-state index >= 15 is 0 Å². The standard InChI is InChI=1S/C12H15NO2/c1-3-9-12(2,13(14)15)10-11-7-5-4-6-8-11/h3-8H,1,9-10H2,2H3. The second-order valence-corrected chi connectivity index (χ2v) is 3.91. The Balaban J connectivity index is 2.84. The average molecular weight is 205 g/mol. The van der Waals surface area contributed by atoms with E-state index in [1.165, 1.54) is 0 Å². The maximum atomic E-state index is 11.0. The van der Waals surface area contributed by atoms with E-state index in [2.05, 4.69) is 6.58 Å². The lowest BCUT2D eigenvalue weighted by Gasteiger charge is -2.19. The van der Waals surface area contributed by atoms with Crippen molar-refractivity contribution in [3.63, 3.8) is 0 Å². The Labute approximate surface area is 89.6 Å². The van der Waals surface area contributed by atoms with Crippen LogP contribution >= 0.6 is 0 Å². The topological polar surface area (TPSA) is 43.1 Å². The van der Waals surface area contributed by atoms with Gasteiger partial charge in [0.15, 0.2) is 0 Å². The molecule has 3 nitrogen and oxygen atoms in total. The smallest absolute Gasteiger partial charge is 0.226 e. The molecule has 0 heterocycles. The fourth-order valence-electron chi connectivity index (χ4n) is 1.56. The minimum atomic E-state index is -0.941. The molecule has 0 aliphatic rings. The summed E-state index contributed by atoms with van der Waals surface area (Å²) in [5, 5.41) is 11.0. The first-order chi connectivity index (χ1) is 7.08. The lowest BCUT2D eigenvalue weighted by molar-refractivity contribution is -0.564. The Kier molecular flexibility index (Phi) is 3.61. The van der Waals surface area contributed by atoms with Gasteiger partial charge in [0.05, 0.1) is 0 Å². The van der Waals surface area contributed by atoms with Gasteiger partial charge in [0, 0.05) is 24.7 Å². The van der Waals surface area contributed by atoms with Crippen LogP contribution in [0.2, 0.25) is 0 Å². The number of nitro groups is 1. The summed E-state index contributed by atoms with van der Waals surface area (Å²) in [6.45, 7) is 5.22. The highest BCUT2D eigenvalue weighted by Gasteiger charge is 2.35. The van der Waals surface area contributed by atoms with Gasteiger partial charge in [-0.3, -0.25) is 10.1 Å². The summed E-state index contributed by atoms with van der Waals surface area (Å²) in [7, 11) is 0. The van der Waals surface area contributed by atoms with E-state index in [-0.39, 0.29) is 4.92 Å². The van der Waals surface area contributed by atoms with Gasteiger partial charge in [0.25, 0.3) is 0 Å². The summed E-state index contributed by atoms with van der Waals surface area (Å²) in [5.41, 5.74) is 0.0434. The zero-order valence-electron chi connectivity index (χ0n) is 8.85. The molecule has 0 N–H and O–H groups in total. The third-order valence-electron chi connectivity index (χ3n) is 2.45. The molecule has 80 valence electrons. The van der Waals surface area contributed by atoms with Gasteiger partial charge in [-0.15, -0.1) is 6.58 Å². The zero-order chi connectivity index (χ0) is 11.3. The molecule has 3 heteroatoms. The molecule has 1 rings (SSSR count). The van der Waals surface area contributed by atoms with Crippen molar-refractivity contribution in [3.05, 3.63) is 58.7 Å². The molecule has 0 amide bonds. The van der Waals surface area contributed by atoms with Gasteiger partial charge >= 0.3 is 0 Å². The number of hydrogen-bond acceptors (Lipinski definition) is 2. The molecule has 0 fully saturated rings. The predicted octanol–water partition coefficient (Wildman–Crippen LogP) is 2.84. The van der Waals surface area contributed by atoms with Crippen LogP contribution in [0, 0.1) is 10.1 Å². The largest absolute Gasteiger partial charge is 0.264 e. The van der Waals surface area contributed by atoms with E-state index in [9.17, 15) is 10.1 Å². The van der Waals surface area contributed by atoms with E-state index in [0.29, 0.717) is 12.8 Å². The van der Waals surface area contributed by atoms with Crippen molar-refractivity contribution in [2.45, 2.75) is 25.3 Å². The van der Waals surface area contributed by atoms with Crippen LogP contribution in [0.15, 0.2) is 43.0 Å². The summed E-state index contributed by atoms with van der Waals surface area (Å²) in [5.74, 6) is 0. The van der Waals surface area contributed by atoms with Crippen LogP contribution in [-0.2, 0) is 6.42 Å². The van der Waals surface area contributed by atoms with Crippen molar-refractivity contribution >= 4 is 0 Å². The van der Waals surface area contributed by atoms with Crippen LogP contribution in [0.25, 0.3) is 0 Å². The molecule has 0 aliphatic heterocycles. The second kappa shape index (κ2) is 4.73. The maximum absolute atomic E-state index is 11.0. The van der Waals surface area contributed by atoms with Crippen LogP contribution in [0.1, 0.15) is 18.9 Å². The highest BCUT2D eigenvalue weighted by molar-refractivity contribution is 5.17. The quantitative estimate of drug-likeness (QED) is 0.421. The average Bonchev–Trinajstić information content (AvgIpc) is 2.19. The fourth-order valence-corrected chi connectivity index (χ4v) is 1.56. The number of benzene rings is 1. The Morgan fingerprint density at radius 3 is 2.53 bits per heavy atom. The van der Waals surface area contributed by atoms with Gasteiger partial charge in [0.1, 0.15) is 0 Å². The van der Waals surface area contributed by atoms with Gasteiger partial charge in [-0.25, -0.2) is 0 Å². The van der Waals surface area contributed by atoms with Gasteiger partial charge in [0.2, 0.25) is 5.54 Å².